The van der Waals surface area contributed by atoms with E-state index in [0.717, 1.165) is 29.1 Å². The molecule has 1 aliphatic heterocycles. The van der Waals surface area contributed by atoms with E-state index in [0.29, 0.717) is 11.8 Å². The van der Waals surface area contributed by atoms with Crippen LogP contribution in [0.2, 0.25) is 0 Å². The molecular formula is C16H24BrNO2. The highest BCUT2D eigenvalue weighted by Crippen LogP contribution is 2.45. The molecule has 0 aliphatic carbocycles. The Labute approximate surface area is 130 Å². The van der Waals surface area contributed by atoms with Gasteiger partial charge in [-0.05, 0) is 42.9 Å². The molecule has 1 heterocycles. The largest absolute Gasteiger partial charge is 0.493 e. The normalized spacial score (nSPS) is 19.2. The molecule has 112 valence electrons. The monoisotopic (exact) mass is 341 g/mol. The summed E-state index contributed by atoms with van der Waals surface area (Å²) in [7, 11) is 3.41. The van der Waals surface area contributed by atoms with Crippen molar-refractivity contribution in [1.29, 1.82) is 0 Å². The summed E-state index contributed by atoms with van der Waals surface area (Å²) in [6, 6.07) is 2.04. The number of nitrogens with one attached hydrogen (secondary N) is 1. The van der Waals surface area contributed by atoms with Crippen molar-refractivity contribution in [2.24, 2.45) is 0 Å². The van der Waals surface area contributed by atoms with Crippen LogP contribution in [0, 0.1) is 0 Å². The summed E-state index contributed by atoms with van der Waals surface area (Å²) in [5.74, 6) is 2.62. The SMILES string of the molecule is COc1cc(Br)c(C2CCCNC2)c(C(C)C)c1OC. The quantitative estimate of drug-likeness (QED) is 0.895. The number of rotatable bonds is 4. The third-order valence-corrected chi connectivity index (χ3v) is 4.64. The fourth-order valence-corrected chi connectivity index (χ4v) is 3.84. The maximum atomic E-state index is 5.65. The first-order valence-electron chi connectivity index (χ1n) is 7.25. The Balaban J connectivity index is 2.58. The van der Waals surface area contributed by atoms with Gasteiger partial charge in [0.05, 0.1) is 14.2 Å². The lowest BCUT2D eigenvalue weighted by Crippen LogP contribution is -2.29. The summed E-state index contributed by atoms with van der Waals surface area (Å²) in [5, 5.41) is 3.50. The zero-order chi connectivity index (χ0) is 14.7. The number of hydrogen-bond acceptors (Lipinski definition) is 3. The summed E-state index contributed by atoms with van der Waals surface area (Å²) in [6.07, 6.45) is 2.45. The molecule has 1 aromatic rings. The van der Waals surface area contributed by atoms with E-state index in [2.05, 4.69) is 35.1 Å². The molecule has 0 bridgehead atoms. The molecule has 1 aromatic carbocycles. The lowest BCUT2D eigenvalue weighted by Gasteiger charge is -2.29. The van der Waals surface area contributed by atoms with Crippen LogP contribution in [0.3, 0.4) is 0 Å². The molecule has 0 spiro atoms. The van der Waals surface area contributed by atoms with Gasteiger partial charge >= 0.3 is 0 Å². The summed E-state index contributed by atoms with van der Waals surface area (Å²) in [5.41, 5.74) is 2.65. The Morgan fingerprint density at radius 3 is 2.55 bits per heavy atom. The van der Waals surface area contributed by atoms with Gasteiger partial charge in [-0.1, -0.05) is 29.8 Å². The molecule has 0 radical (unpaired) electrons. The van der Waals surface area contributed by atoms with Crippen molar-refractivity contribution < 1.29 is 9.47 Å². The van der Waals surface area contributed by atoms with E-state index >= 15 is 0 Å². The molecule has 1 fully saturated rings. The number of ether oxygens (including phenoxy) is 2. The minimum atomic E-state index is 0.397. The van der Waals surface area contributed by atoms with Crippen LogP contribution in [0.5, 0.6) is 11.5 Å². The first-order valence-corrected chi connectivity index (χ1v) is 8.04. The van der Waals surface area contributed by atoms with Crippen LogP contribution in [0.1, 0.15) is 49.7 Å². The summed E-state index contributed by atoms with van der Waals surface area (Å²) >= 11 is 3.74. The van der Waals surface area contributed by atoms with Gasteiger partial charge in [0, 0.05) is 16.6 Å². The topological polar surface area (TPSA) is 30.5 Å². The van der Waals surface area contributed by atoms with E-state index in [9.17, 15) is 0 Å². The van der Waals surface area contributed by atoms with Crippen LogP contribution in [0.15, 0.2) is 10.5 Å². The maximum Gasteiger partial charge on any atom is 0.164 e. The second kappa shape index (κ2) is 6.81. The first kappa shape index (κ1) is 15.6. The fourth-order valence-electron chi connectivity index (χ4n) is 3.09. The predicted molar refractivity (Wildman–Crippen MR) is 86.2 cm³/mol. The van der Waals surface area contributed by atoms with Gasteiger partial charge in [0.2, 0.25) is 0 Å². The molecule has 1 atom stereocenters. The average Bonchev–Trinajstić information content (AvgIpc) is 2.46. The zero-order valence-corrected chi connectivity index (χ0v) is 14.3. The molecule has 2 rings (SSSR count). The summed E-state index contributed by atoms with van der Waals surface area (Å²) < 4.78 is 12.3. The molecule has 1 aliphatic rings. The van der Waals surface area contributed by atoms with Gasteiger partial charge in [0.25, 0.3) is 0 Å². The first-order chi connectivity index (χ1) is 9.60. The van der Waals surface area contributed by atoms with Crippen LogP contribution < -0.4 is 14.8 Å². The van der Waals surface area contributed by atoms with Crippen molar-refractivity contribution in [1.82, 2.24) is 5.32 Å². The molecule has 1 unspecified atom stereocenters. The van der Waals surface area contributed by atoms with Gasteiger partial charge in [0.1, 0.15) is 0 Å². The van der Waals surface area contributed by atoms with E-state index in [1.54, 1.807) is 14.2 Å². The second-order valence-electron chi connectivity index (χ2n) is 5.62. The number of piperidine rings is 1. The number of hydrogen-bond donors (Lipinski definition) is 1. The van der Waals surface area contributed by atoms with Crippen molar-refractivity contribution in [2.75, 3.05) is 27.3 Å². The van der Waals surface area contributed by atoms with Crippen LogP contribution in [-0.4, -0.2) is 27.3 Å². The highest BCUT2D eigenvalue weighted by atomic mass is 79.9. The van der Waals surface area contributed by atoms with Crippen LogP contribution >= 0.6 is 15.9 Å². The van der Waals surface area contributed by atoms with Crippen LogP contribution in [-0.2, 0) is 0 Å². The zero-order valence-electron chi connectivity index (χ0n) is 12.8. The molecule has 4 heteroatoms. The maximum absolute atomic E-state index is 5.65. The Morgan fingerprint density at radius 1 is 1.30 bits per heavy atom. The van der Waals surface area contributed by atoms with E-state index in [1.807, 2.05) is 6.07 Å². The van der Waals surface area contributed by atoms with Crippen molar-refractivity contribution >= 4 is 15.9 Å². The Kier molecular flexibility index (Phi) is 5.33. The van der Waals surface area contributed by atoms with Crippen LogP contribution in [0.25, 0.3) is 0 Å². The van der Waals surface area contributed by atoms with E-state index in [-0.39, 0.29) is 0 Å². The highest BCUT2D eigenvalue weighted by molar-refractivity contribution is 9.10. The number of methoxy groups -OCH3 is 2. The van der Waals surface area contributed by atoms with Crippen molar-refractivity contribution in [2.45, 2.75) is 38.5 Å². The summed E-state index contributed by atoms with van der Waals surface area (Å²) in [4.78, 5) is 0. The van der Waals surface area contributed by atoms with Gasteiger partial charge < -0.3 is 14.8 Å². The van der Waals surface area contributed by atoms with Gasteiger partial charge in [-0.15, -0.1) is 0 Å². The molecule has 1 N–H and O–H groups in total. The number of benzene rings is 1. The van der Waals surface area contributed by atoms with E-state index in [1.165, 1.54) is 24.0 Å². The van der Waals surface area contributed by atoms with Gasteiger partial charge in [-0.3, -0.25) is 0 Å². The molecule has 1 saturated heterocycles. The molecule has 0 saturated carbocycles. The van der Waals surface area contributed by atoms with Crippen molar-refractivity contribution in [3.05, 3.63) is 21.7 Å². The van der Waals surface area contributed by atoms with Crippen LogP contribution in [0.4, 0.5) is 0 Å². The standard InChI is InChI=1S/C16H24BrNO2/c1-10(2)14-15(11-6-5-7-18-9-11)12(17)8-13(19-3)16(14)20-4/h8,10-11,18H,5-7,9H2,1-4H3. The average molecular weight is 342 g/mol. The third-order valence-electron chi connectivity index (χ3n) is 3.98. The number of halogens is 1. The van der Waals surface area contributed by atoms with Gasteiger partial charge in [-0.25, -0.2) is 0 Å². The molecule has 3 nitrogen and oxygen atoms in total. The summed E-state index contributed by atoms with van der Waals surface area (Å²) in [6.45, 7) is 6.58. The lowest BCUT2D eigenvalue weighted by atomic mass is 9.84. The Hall–Kier alpha value is -0.740. The fraction of sp³-hybridized carbons (Fsp3) is 0.625. The minimum Gasteiger partial charge on any atom is -0.493 e. The lowest BCUT2D eigenvalue weighted by molar-refractivity contribution is 0.347. The van der Waals surface area contributed by atoms with Gasteiger partial charge in [-0.2, -0.15) is 0 Å². The highest BCUT2D eigenvalue weighted by Gasteiger charge is 2.27. The smallest absolute Gasteiger partial charge is 0.164 e. The molecule has 20 heavy (non-hydrogen) atoms. The van der Waals surface area contributed by atoms with Crippen molar-refractivity contribution in [3.8, 4) is 11.5 Å². The van der Waals surface area contributed by atoms with E-state index in [4.69, 9.17) is 9.47 Å². The molecule has 0 amide bonds. The van der Waals surface area contributed by atoms with Crippen molar-refractivity contribution in [3.63, 3.8) is 0 Å². The molecular weight excluding hydrogens is 318 g/mol. The predicted octanol–water partition coefficient (Wildman–Crippen LogP) is 4.06. The molecule has 0 aromatic heterocycles. The van der Waals surface area contributed by atoms with Gasteiger partial charge in [0.15, 0.2) is 11.5 Å². The van der Waals surface area contributed by atoms with E-state index < -0.39 is 0 Å². The Morgan fingerprint density at radius 2 is 2.05 bits per heavy atom. The third kappa shape index (κ3) is 2.96. The Bertz CT molecular complexity index is 468. The minimum absolute atomic E-state index is 0.397. The second-order valence-corrected chi connectivity index (χ2v) is 6.47.